The van der Waals surface area contributed by atoms with Crippen molar-refractivity contribution >= 4 is 11.8 Å². The first kappa shape index (κ1) is 13.1. The van der Waals surface area contributed by atoms with E-state index in [2.05, 4.69) is 5.32 Å². The average molecular weight is 276 g/mol. The van der Waals surface area contributed by atoms with E-state index in [4.69, 9.17) is 0 Å². The topological polar surface area (TPSA) is 49.4 Å². The van der Waals surface area contributed by atoms with E-state index in [1.54, 1.807) is 30.0 Å². The summed E-state index contributed by atoms with van der Waals surface area (Å²) in [5.74, 6) is -0.443. The van der Waals surface area contributed by atoms with Gasteiger partial charge in [-0.15, -0.1) is 0 Å². The predicted molar refractivity (Wildman–Crippen MR) is 71.1 cm³/mol. The van der Waals surface area contributed by atoms with Gasteiger partial charge in [0.05, 0.1) is 6.54 Å². The summed E-state index contributed by atoms with van der Waals surface area (Å²) < 4.78 is 13.8. The number of piperazine rings is 1. The number of nitrogens with zero attached hydrogens (tertiary/aromatic N) is 1. The monoisotopic (exact) mass is 276 g/mol. The summed E-state index contributed by atoms with van der Waals surface area (Å²) in [5.41, 5.74) is -0.403. The zero-order chi connectivity index (χ0) is 14.3. The summed E-state index contributed by atoms with van der Waals surface area (Å²) in [7, 11) is 0. The molecular formula is C15H17FN2O2. The molecule has 20 heavy (non-hydrogen) atoms. The van der Waals surface area contributed by atoms with Crippen molar-refractivity contribution in [2.24, 2.45) is 5.92 Å². The number of rotatable bonds is 3. The van der Waals surface area contributed by atoms with Gasteiger partial charge in [0.25, 0.3) is 0 Å². The van der Waals surface area contributed by atoms with Crippen LogP contribution in [0.4, 0.5) is 4.39 Å². The molecule has 2 fully saturated rings. The van der Waals surface area contributed by atoms with Crippen LogP contribution in [0.2, 0.25) is 0 Å². The van der Waals surface area contributed by atoms with Gasteiger partial charge in [-0.2, -0.15) is 0 Å². The minimum absolute atomic E-state index is 0.00437. The van der Waals surface area contributed by atoms with Crippen molar-refractivity contribution in [3.8, 4) is 0 Å². The lowest BCUT2D eigenvalue weighted by Gasteiger charge is -2.44. The van der Waals surface area contributed by atoms with E-state index in [0.717, 1.165) is 12.8 Å². The lowest BCUT2D eigenvalue weighted by molar-refractivity contribution is -0.155. The molecule has 1 heterocycles. The van der Waals surface area contributed by atoms with Crippen LogP contribution >= 0.6 is 0 Å². The number of hydrogen-bond donors (Lipinski definition) is 1. The van der Waals surface area contributed by atoms with E-state index in [1.807, 2.05) is 0 Å². The highest BCUT2D eigenvalue weighted by molar-refractivity contribution is 5.98. The van der Waals surface area contributed by atoms with Crippen LogP contribution in [0.15, 0.2) is 24.3 Å². The Hall–Kier alpha value is -1.91. The van der Waals surface area contributed by atoms with Crippen molar-refractivity contribution in [2.75, 3.05) is 6.54 Å². The van der Waals surface area contributed by atoms with Crippen molar-refractivity contribution in [3.63, 3.8) is 0 Å². The Morgan fingerprint density at radius 2 is 2.05 bits per heavy atom. The summed E-state index contributed by atoms with van der Waals surface area (Å²) in [5, 5.41) is 2.65. The molecule has 2 amide bonds. The first-order valence-electron chi connectivity index (χ1n) is 6.85. The van der Waals surface area contributed by atoms with Crippen LogP contribution in [0.3, 0.4) is 0 Å². The van der Waals surface area contributed by atoms with Gasteiger partial charge in [0.2, 0.25) is 11.8 Å². The van der Waals surface area contributed by atoms with E-state index < -0.39 is 5.54 Å². The van der Waals surface area contributed by atoms with Gasteiger partial charge in [-0.05, 0) is 31.7 Å². The molecule has 4 nitrogen and oxygen atoms in total. The standard InChI is InChI=1S/C15H17FN2O2/c1-15(11-6-7-11)14(20)17-8-13(19)18(15)9-10-4-2-3-5-12(10)16/h2-5,11H,6-9H2,1H3,(H,17,20). The molecule has 1 aliphatic carbocycles. The van der Waals surface area contributed by atoms with E-state index in [0.29, 0.717) is 5.56 Å². The SMILES string of the molecule is CC1(C2CC2)C(=O)NCC(=O)N1Cc1ccccc1F. The van der Waals surface area contributed by atoms with Crippen molar-refractivity contribution in [2.45, 2.75) is 31.8 Å². The zero-order valence-corrected chi connectivity index (χ0v) is 11.4. The van der Waals surface area contributed by atoms with Crippen LogP contribution in [-0.2, 0) is 16.1 Å². The largest absolute Gasteiger partial charge is 0.345 e. The van der Waals surface area contributed by atoms with Crippen LogP contribution < -0.4 is 5.32 Å². The zero-order valence-electron chi connectivity index (χ0n) is 11.4. The van der Waals surface area contributed by atoms with E-state index in [-0.39, 0.29) is 36.6 Å². The third-order valence-electron chi connectivity index (χ3n) is 4.38. The van der Waals surface area contributed by atoms with Crippen LogP contribution in [0.5, 0.6) is 0 Å². The molecule has 2 aliphatic rings. The molecule has 1 aromatic carbocycles. The Bertz CT molecular complexity index is 571. The molecule has 0 bridgehead atoms. The number of halogens is 1. The third-order valence-corrected chi connectivity index (χ3v) is 4.38. The lowest BCUT2D eigenvalue weighted by Crippen LogP contribution is -2.66. The molecule has 1 N–H and O–H groups in total. The molecule has 106 valence electrons. The molecule has 0 aromatic heterocycles. The fraction of sp³-hybridized carbons (Fsp3) is 0.467. The maximum absolute atomic E-state index is 13.8. The first-order chi connectivity index (χ1) is 9.53. The fourth-order valence-electron chi connectivity index (χ4n) is 2.91. The van der Waals surface area contributed by atoms with Crippen LogP contribution in [-0.4, -0.2) is 28.8 Å². The Labute approximate surface area is 117 Å². The fourth-order valence-corrected chi connectivity index (χ4v) is 2.91. The number of carbonyl (C=O) groups is 2. The minimum Gasteiger partial charge on any atom is -0.345 e. The number of carbonyl (C=O) groups excluding carboxylic acids is 2. The minimum atomic E-state index is -0.850. The Morgan fingerprint density at radius 3 is 2.70 bits per heavy atom. The summed E-state index contributed by atoms with van der Waals surface area (Å²) in [6.07, 6.45) is 1.87. The Kier molecular flexibility index (Phi) is 3.00. The van der Waals surface area contributed by atoms with Crippen molar-refractivity contribution in [3.05, 3.63) is 35.6 Å². The van der Waals surface area contributed by atoms with Crippen LogP contribution in [0, 0.1) is 11.7 Å². The van der Waals surface area contributed by atoms with E-state index in [9.17, 15) is 14.0 Å². The van der Waals surface area contributed by atoms with Gasteiger partial charge in [0.15, 0.2) is 0 Å². The molecule has 1 saturated heterocycles. The van der Waals surface area contributed by atoms with Gasteiger partial charge in [-0.1, -0.05) is 18.2 Å². The average Bonchev–Trinajstić information content (AvgIpc) is 3.26. The van der Waals surface area contributed by atoms with Gasteiger partial charge in [0.1, 0.15) is 11.4 Å². The second-order valence-electron chi connectivity index (χ2n) is 5.68. The highest BCUT2D eigenvalue weighted by Gasteiger charge is 2.54. The van der Waals surface area contributed by atoms with E-state index >= 15 is 0 Å². The summed E-state index contributed by atoms with van der Waals surface area (Å²) >= 11 is 0. The van der Waals surface area contributed by atoms with Crippen LogP contribution in [0.25, 0.3) is 0 Å². The predicted octanol–water partition coefficient (Wildman–Crippen LogP) is 1.45. The summed E-state index contributed by atoms with van der Waals surface area (Å²) in [6.45, 7) is 1.93. The second-order valence-corrected chi connectivity index (χ2v) is 5.68. The number of benzene rings is 1. The summed E-state index contributed by atoms with van der Waals surface area (Å²) in [4.78, 5) is 26.0. The maximum Gasteiger partial charge on any atom is 0.246 e. The molecule has 5 heteroatoms. The van der Waals surface area contributed by atoms with Crippen molar-refractivity contribution in [1.29, 1.82) is 0 Å². The normalized spacial score (nSPS) is 26.6. The number of hydrogen-bond acceptors (Lipinski definition) is 2. The second kappa shape index (κ2) is 4.58. The van der Waals surface area contributed by atoms with Gasteiger partial charge in [0, 0.05) is 12.1 Å². The maximum atomic E-state index is 13.8. The Balaban J connectivity index is 1.93. The molecule has 1 aromatic rings. The smallest absolute Gasteiger partial charge is 0.246 e. The first-order valence-corrected chi connectivity index (χ1v) is 6.85. The van der Waals surface area contributed by atoms with E-state index in [1.165, 1.54) is 6.07 Å². The highest BCUT2D eigenvalue weighted by atomic mass is 19.1. The molecule has 0 radical (unpaired) electrons. The number of amides is 2. The summed E-state index contributed by atoms with van der Waals surface area (Å²) in [6, 6.07) is 6.38. The molecule has 1 aliphatic heterocycles. The van der Waals surface area contributed by atoms with Crippen molar-refractivity contribution in [1.82, 2.24) is 10.2 Å². The quantitative estimate of drug-likeness (QED) is 0.908. The van der Waals surface area contributed by atoms with Gasteiger partial charge in [-0.25, -0.2) is 4.39 Å². The molecule has 1 saturated carbocycles. The van der Waals surface area contributed by atoms with Gasteiger partial charge >= 0.3 is 0 Å². The molecule has 3 rings (SSSR count). The van der Waals surface area contributed by atoms with Crippen LogP contribution in [0.1, 0.15) is 25.3 Å². The lowest BCUT2D eigenvalue weighted by atomic mass is 9.89. The highest BCUT2D eigenvalue weighted by Crippen LogP contribution is 2.44. The van der Waals surface area contributed by atoms with Crippen molar-refractivity contribution < 1.29 is 14.0 Å². The number of nitrogens with one attached hydrogen (secondary N) is 1. The Morgan fingerprint density at radius 1 is 1.35 bits per heavy atom. The molecule has 0 spiro atoms. The third kappa shape index (κ3) is 1.97. The molecular weight excluding hydrogens is 259 g/mol. The van der Waals surface area contributed by atoms with Gasteiger partial charge in [-0.3, -0.25) is 9.59 Å². The molecule has 1 atom stereocenters. The molecule has 1 unspecified atom stereocenters. The van der Waals surface area contributed by atoms with Gasteiger partial charge < -0.3 is 10.2 Å².